The van der Waals surface area contributed by atoms with E-state index in [1.165, 1.54) is 0 Å². The predicted octanol–water partition coefficient (Wildman–Crippen LogP) is 2.08. The van der Waals surface area contributed by atoms with Gasteiger partial charge in [0.05, 0.1) is 12.9 Å². The first-order valence-electron chi connectivity index (χ1n) is 6.79. The predicted molar refractivity (Wildman–Crippen MR) is 70.1 cm³/mol. The molecule has 1 aliphatic carbocycles. The van der Waals surface area contributed by atoms with Crippen molar-refractivity contribution >= 4 is 16.0 Å². The third kappa shape index (κ3) is 6.21. The zero-order valence-corrected chi connectivity index (χ0v) is 12.7. The molecular weight excluding hydrogens is 311 g/mol. The van der Waals surface area contributed by atoms with Crippen LogP contribution < -0.4 is 0 Å². The second-order valence-electron chi connectivity index (χ2n) is 5.09. The molecule has 0 atom stereocenters. The lowest BCUT2D eigenvalue weighted by Crippen LogP contribution is -2.43. The molecule has 1 fully saturated rings. The zero-order chi connectivity index (χ0) is 16.1. The van der Waals surface area contributed by atoms with E-state index in [0.717, 1.165) is 24.3 Å². The van der Waals surface area contributed by atoms with Crippen LogP contribution in [-0.2, 0) is 19.6 Å². The molecule has 1 saturated carbocycles. The maximum absolute atomic E-state index is 12.2. The lowest BCUT2D eigenvalue weighted by molar-refractivity contribution is -0.141. The molecule has 0 aromatic rings. The van der Waals surface area contributed by atoms with Crippen LogP contribution in [0, 0.1) is 0 Å². The first kappa shape index (κ1) is 18.2. The second-order valence-corrected chi connectivity index (χ2v) is 7.14. The number of nitrogens with zero attached hydrogens (tertiary/aromatic N) is 1. The number of methoxy groups -OCH3 is 1. The van der Waals surface area contributed by atoms with Crippen molar-refractivity contribution < 1.29 is 31.1 Å². The van der Waals surface area contributed by atoms with E-state index in [9.17, 15) is 26.4 Å². The molecule has 1 rings (SSSR count). The maximum atomic E-state index is 12.2. The molecule has 0 spiro atoms. The minimum atomic E-state index is -4.38. The first-order chi connectivity index (χ1) is 9.65. The highest BCUT2D eigenvalue weighted by molar-refractivity contribution is 7.89. The molecular formula is C12H20F3NO4S. The molecule has 9 heteroatoms. The number of halogens is 3. The summed E-state index contributed by atoms with van der Waals surface area (Å²) >= 11 is 0. The van der Waals surface area contributed by atoms with Crippen molar-refractivity contribution in [2.45, 2.75) is 50.7 Å². The molecule has 0 radical (unpaired) electrons. The summed E-state index contributed by atoms with van der Waals surface area (Å²) in [6.45, 7) is -0.435. The summed E-state index contributed by atoms with van der Waals surface area (Å²) in [5, 5.41) is 0. The van der Waals surface area contributed by atoms with Gasteiger partial charge in [-0.25, -0.2) is 8.42 Å². The third-order valence-electron chi connectivity index (χ3n) is 3.46. The maximum Gasteiger partial charge on any atom is 0.389 e. The Kier molecular flexibility index (Phi) is 6.45. The summed E-state index contributed by atoms with van der Waals surface area (Å²) in [6, 6.07) is -0.319. The SMILES string of the molecule is COC(=O)CN(C1CCCC1)S(=O)(=O)CCCC(F)(F)F. The molecule has 1 aliphatic rings. The number of hydrogen-bond acceptors (Lipinski definition) is 4. The van der Waals surface area contributed by atoms with Crippen LogP contribution >= 0.6 is 0 Å². The number of carbonyl (C=O) groups excluding carboxylic acids is 1. The van der Waals surface area contributed by atoms with Crippen molar-refractivity contribution in [1.29, 1.82) is 0 Å². The second kappa shape index (κ2) is 7.44. The van der Waals surface area contributed by atoms with Crippen molar-refractivity contribution in [2.24, 2.45) is 0 Å². The number of carbonyl (C=O) groups is 1. The fourth-order valence-corrected chi connectivity index (χ4v) is 4.12. The molecule has 0 heterocycles. The van der Waals surface area contributed by atoms with Gasteiger partial charge in [0, 0.05) is 12.5 Å². The summed E-state index contributed by atoms with van der Waals surface area (Å²) in [5.74, 6) is -1.32. The third-order valence-corrected chi connectivity index (χ3v) is 5.41. The van der Waals surface area contributed by atoms with Crippen LogP contribution in [0.3, 0.4) is 0 Å². The molecule has 21 heavy (non-hydrogen) atoms. The minimum Gasteiger partial charge on any atom is -0.468 e. The van der Waals surface area contributed by atoms with Gasteiger partial charge in [-0.2, -0.15) is 17.5 Å². The molecule has 0 saturated heterocycles. The summed E-state index contributed by atoms with van der Waals surface area (Å²) in [6.07, 6.45) is -3.10. The van der Waals surface area contributed by atoms with E-state index in [0.29, 0.717) is 12.8 Å². The Bertz CT molecular complexity index is 444. The minimum absolute atomic E-state index is 0.319. The Morgan fingerprint density at radius 3 is 2.33 bits per heavy atom. The Hall–Kier alpha value is -0.830. The van der Waals surface area contributed by atoms with Gasteiger partial charge >= 0.3 is 12.1 Å². The van der Waals surface area contributed by atoms with Crippen LogP contribution in [0.15, 0.2) is 0 Å². The Morgan fingerprint density at radius 1 is 1.29 bits per heavy atom. The molecule has 0 aromatic carbocycles. The zero-order valence-electron chi connectivity index (χ0n) is 11.9. The summed E-state index contributed by atoms with van der Waals surface area (Å²) < 4.78 is 66.2. The van der Waals surface area contributed by atoms with Crippen LogP contribution in [0.2, 0.25) is 0 Å². The average Bonchev–Trinajstić information content (AvgIpc) is 2.86. The van der Waals surface area contributed by atoms with E-state index >= 15 is 0 Å². The number of esters is 1. The van der Waals surface area contributed by atoms with E-state index in [4.69, 9.17) is 0 Å². The van der Waals surface area contributed by atoms with E-state index in [2.05, 4.69) is 4.74 Å². The molecule has 0 unspecified atom stereocenters. The van der Waals surface area contributed by atoms with Crippen molar-refractivity contribution in [3.63, 3.8) is 0 Å². The van der Waals surface area contributed by atoms with Crippen molar-refractivity contribution in [2.75, 3.05) is 19.4 Å². The van der Waals surface area contributed by atoms with E-state index in [-0.39, 0.29) is 6.04 Å². The number of hydrogen-bond donors (Lipinski definition) is 0. The van der Waals surface area contributed by atoms with Crippen molar-refractivity contribution in [3.05, 3.63) is 0 Å². The molecule has 5 nitrogen and oxygen atoms in total. The van der Waals surface area contributed by atoms with Gasteiger partial charge in [-0.15, -0.1) is 0 Å². The highest BCUT2D eigenvalue weighted by Gasteiger charge is 2.35. The number of alkyl halides is 3. The summed E-state index contributed by atoms with van der Waals surface area (Å²) in [7, 11) is -2.76. The quantitative estimate of drug-likeness (QED) is 0.670. The number of sulfonamides is 1. The fraction of sp³-hybridized carbons (Fsp3) is 0.917. The van der Waals surface area contributed by atoms with E-state index < -0.39 is 47.3 Å². The molecule has 0 amide bonds. The molecule has 0 bridgehead atoms. The van der Waals surface area contributed by atoms with E-state index in [1.54, 1.807) is 0 Å². The Morgan fingerprint density at radius 2 is 1.86 bits per heavy atom. The first-order valence-corrected chi connectivity index (χ1v) is 8.40. The van der Waals surface area contributed by atoms with E-state index in [1.807, 2.05) is 0 Å². The highest BCUT2D eigenvalue weighted by atomic mass is 32.2. The van der Waals surface area contributed by atoms with Crippen LogP contribution in [0.4, 0.5) is 13.2 Å². The molecule has 0 N–H and O–H groups in total. The topological polar surface area (TPSA) is 63.7 Å². The molecule has 124 valence electrons. The van der Waals surface area contributed by atoms with Gasteiger partial charge in [-0.05, 0) is 19.3 Å². The fourth-order valence-electron chi connectivity index (χ4n) is 2.41. The molecule has 0 aromatic heterocycles. The average molecular weight is 331 g/mol. The Balaban J connectivity index is 2.72. The number of rotatable bonds is 7. The smallest absolute Gasteiger partial charge is 0.389 e. The monoisotopic (exact) mass is 331 g/mol. The standard InChI is InChI=1S/C12H20F3NO4S/c1-20-11(17)9-16(10-5-2-3-6-10)21(18,19)8-4-7-12(13,14)15/h10H,2-9H2,1H3. The number of ether oxygens (including phenoxy) is 1. The lowest BCUT2D eigenvalue weighted by atomic mass is 10.2. The van der Waals surface area contributed by atoms with Gasteiger partial charge in [0.15, 0.2) is 0 Å². The van der Waals surface area contributed by atoms with Gasteiger partial charge < -0.3 is 4.74 Å². The normalized spacial score (nSPS) is 17.4. The van der Waals surface area contributed by atoms with Gasteiger partial charge in [-0.1, -0.05) is 12.8 Å². The molecule has 0 aliphatic heterocycles. The van der Waals surface area contributed by atoms with Crippen molar-refractivity contribution in [3.8, 4) is 0 Å². The van der Waals surface area contributed by atoms with Gasteiger partial charge in [0.25, 0.3) is 0 Å². The lowest BCUT2D eigenvalue weighted by Gasteiger charge is -2.27. The van der Waals surface area contributed by atoms with Gasteiger partial charge in [-0.3, -0.25) is 4.79 Å². The largest absolute Gasteiger partial charge is 0.468 e. The Labute approximate surface area is 122 Å². The van der Waals surface area contributed by atoms with Crippen molar-refractivity contribution in [1.82, 2.24) is 4.31 Å². The summed E-state index contributed by atoms with van der Waals surface area (Å²) in [5.41, 5.74) is 0. The van der Waals surface area contributed by atoms with Crippen LogP contribution in [0.25, 0.3) is 0 Å². The van der Waals surface area contributed by atoms with Gasteiger partial charge in [0.1, 0.15) is 6.54 Å². The van der Waals surface area contributed by atoms with Crippen LogP contribution in [0.5, 0.6) is 0 Å². The summed E-state index contributed by atoms with van der Waals surface area (Å²) in [4.78, 5) is 11.4. The van der Waals surface area contributed by atoms with Gasteiger partial charge in [0.2, 0.25) is 10.0 Å². The highest BCUT2D eigenvalue weighted by Crippen LogP contribution is 2.27. The van der Waals surface area contributed by atoms with Crippen LogP contribution in [0.1, 0.15) is 38.5 Å². The van der Waals surface area contributed by atoms with Crippen LogP contribution in [-0.4, -0.2) is 50.3 Å².